The van der Waals surface area contributed by atoms with E-state index in [9.17, 15) is 14.9 Å². The standard InChI is InChI=1S/C22H20N2O6/c1-3-29-16-9-11-17(12-10-16)30-20-7-5-4-6-18(20)23-22(25)15-8-13-21(28-2)19(14-15)24(26)27/h4-14H,3H2,1-2H3,(H,23,25). The largest absolute Gasteiger partial charge is 0.494 e. The van der Waals surface area contributed by atoms with Gasteiger partial charge in [-0.2, -0.15) is 0 Å². The van der Waals surface area contributed by atoms with E-state index in [1.807, 2.05) is 6.92 Å². The maximum atomic E-state index is 12.7. The second kappa shape index (κ2) is 9.42. The number of carbonyl (C=O) groups excluding carboxylic acids is 1. The van der Waals surface area contributed by atoms with Crippen LogP contribution in [0.2, 0.25) is 0 Å². The molecule has 3 aromatic carbocycles. The molecular formula is C22H20N2O6. The highest BCUT2D eigenvalue weighted by atomic mass is 16.6. The molecule has 8 heteroatoms. The van der Waals surface area contributed by atoms with Crippen LogP contribution in [-0.4, -0.2) is 24.5 Å². The molecule has 3 aromatic rings. The van der Waals surface area contributed by atoms with Crippen LogP contribution in [0.25, 0.3) is 0 Å². The Morgan fingerprint density at radius 2 is 1.70 bits per heavy atom. The normalized spacial score (nSPS) is 10.2. The van der Waals surface area contributed by atoms with Gasteiger partial charge in [0.1, 0.15) is 11.5 Å². The van der Waals surface area contributed by atoms with E-state index in [1.54, 1.807) is 48.5 Å². The summed E-state index contributed by atoms with van der Waals surface area (Å²) in [4.78, 5) is 23.3. The highest BCUT2D eigenvalue weighted by Crippen LogP contribution is 2.32. The Morgan fingerprint density at radius 1 is 1.00 bits per heavy atom. The Kier molecular flexibility index (Phi) is 6.49. The molecule has 154 valence electrons. The van der Waals surface area contributed by atoms with Gasteiger partial charge in [-0.05, 0) is 55.5 Å². The molecule has 0 spiro atoms. The molecule has 8 nitrogen and oxygen atoms in total. The second-order valence-electron chi connectivity index (χ2n) is 6.10. The summed E-state index contributed by atoms with van der Waals surface area (Å²) >= 11 is 0. The van der Waals surface area contributed by atoms with E-state index in [0.717, 1.165) is 5.75 Å². The number of amides is 1. The number of nitro groups is 1. The summed E-state index contributed by atoms with van der Waals surface area (Å²) in [6.45, 7) is 2.47. The third kappa shape index (κ3) is 4.85. The van der Waals surface area contributed by atoms with E-state index in [4.69, 9.17) is 14.2 Å². The lowest BCUT2D eigenvalue weighted by Crippen LogP contribution is -2.13. The summed E-state index contributed by atoms with van der Waals surface area (Å²) in [5, 5.41) is 13.9. The number of nitrogens with zero attached hydrogens (tertiary/aromatic N) is 1. The molecule has 0 aliphatic carbocycles. The first-order valence-corrected chi connectivity index (χ1v) is 9.15. The van der Waals surface area contributed by atoms with E-state index in [1.165, 1.54) is 25.3 Å². The molecule has 30 heavy (non-hydrogen) atoms. The minimum atomic E-state index is -0.599. The van der Waals surface area contributed by atoms with Crippen LogP contribution in [0.4, 0.5) is 11.4 Å². The maximum absolute atomic E-state index is 12.7. The van der Waals surface area contributed by atoms with E-state index in [0.29, 0.717) is 23.8 Å². The fourth-order valence-corrected chi connectivity index (χ4v) is 2.72. The van der Waals surface area contributed by atoms with Crippen molar-refractivity contribution in [3.8, 4) is 23.0 Å². The average Bonchev–Trinajstić information content (AvgIpc) is 2.76. The second-order valence-corrected chi connectivity index (χ2v) is 6.10. The van der Waals surface area contributed by atoms with Crippen molar-refractivity contribution >= 4 is 17.3 Å². The summed E-state index contributed by atoms with van der Waals surface area (Å²) in [5.41, 5.74) is 0.261. The van der Waals surface area contributed by atoms with Crippen LogP contribution >= 0.6 is 0 Å². The van der Waals surface area contributed by atoms with E-state index in [2.05, 4.69) is 5.32 Å². The van der Waals surface area contributed by atoms with Gasteiger partial charge in [0.15, 0.2) is 11.5 Å². The van der Waals surface area contributed by atoms with Crippen molar-refractivity contribution in [2.45, 2.75) is 6.92 Å². The Hall–Kier alpha value is -4.07. The van der Waals surface area contributed by atoms with Gasteiger partial charge in [-0.1, -0.05) is 12.1 Å². The number of benzene rings is 3. The van der Waals surface area contributed by atoms with Gasteiger partial charge in [0.2, 0.25) is 0 Å². The van der Waals surface area contributed by atoms with Gasteiger partial charge >= 0.3 is 5.69 Å². The van der Waals surface area contributed by atoms with Crippen molar-refractivity contribution in [3.05, 3.63) is 82.4 Å². The predicted octanol–water partition coefficient (Wildman–Crippen LogP) is 5.05. The van der Waals surface area contributed by atoms with Gasteiger partial charge in [-0.3, -0.25) is 14.9 Å². The zero-order valence-electron chi connectivity index (χ0n) is 16.5. The molecule has 0 saturated carbocycles. The van der Waals surface area contributed by atoms with Crippen LogP contribution in [0, 0.1) is 10.1 Å². The van der Waals surface area contributed by atoms with Crippen molar-refractivity contribution in [1.82, 2.24) is 0 Å². The highest BCUT2D eigenvalue weighted by Gasteiger charge is 2.19. The molecule has 0 bridgehead atoms. The molecule has 3 rings (SSSR count). The van der Waals surface area contributed by atoms with Crippen LogP contribution < -0.4 is 19.5 Å². The van der Waals surface area contributed by atoms with Crippen molar-refractivity contribution < 1.29 is 23.9 Å². The lowest BCUT2D eigenvalue weighted by molar-refractivity contribution is -0.385. The molecule has 0 aliphatic heterocycles. The molecule has 0 saturated heterocycles. The van der Waals surface area contributed by atoms with Crippen LogP contribution in [0.1, 0.15) is 17.3 Å². The van der Waals surface area contributed by atoms with Crippen LogP contribution in [-0.2, 0) is 0 Å². The average molecular weight is 408 g/mol. The molecule has 0 heterocycles. The Labute approximate surface area is 173 Å². The van der Waals surface area contributed by atoms with E-state index >= 15 is 0 Å². The zero-order valence-corrected chi connectivity index (χ0v) is 16.5. The smallest absolute Gasteiger partial charge is 0.311 e. The van der Waals surface area contributed by atoms with Gasteiger partial charge in [0.05, 0.1) is 24.3 Å². The Bertz CT molecular complexity index is 1050. The van der Waals surface area contributed by atoms with Gasteiger partial charge < -0.3 is 19.5 Å². The monoisotopic (exact) mass is 408 g/mol. The number of nitro benzene ring substituents is 1. The van der Waals surface area contributed by atoms with Crippen LogP contribution in [0.5, 0.6) is 23.0 Å². The third-order valence-electron chi connectivity index (χ3n) is 4.14. The summed E-state index contributed by atoms with van der Waals surface area (Å²) in [6.07, 6.45) is 0. The topological polar surface area (TPSA) is 99.9 Å². The predicted molar refractivity (Wildman–Crippen MR) is 112 cm³/mol. The number of hydrogen-bond donors (Lipinski definition) is 1. The SMILES string of the molecule is CCOc1ccc(Oc2ccccc2NC(=O)c2ccc(OC)c([N+](=O)[O-])c2)cc1. The Morgan fingerprint density at radius 3 is 2.37 bits per heavy atom. The van der Waals surface area contributed by atoms with Gasteiger partial charge in [0, 0.05) is 11.6 Å². The first-order valence-electron chi connectivity index (χ1n) is 9.15. The minimum Gasteiger partial charge on any atom is -0.494 e. The molecule has 0 unspecified atom stereocenters. The lowest BCUT2D eigenvalue weighted by Gasteiger charge is -2.13. The van der Waals surface area contributed by atoms with Crippen molar-refractivity contribution in [2.75, 3.05) is 19.0 Å². The van der Waals surface area contributed by atoms with Crippen LogP contribution in [0.15, 0.2) is 66.7 Å². The Balaban J connectivity index is 1.80. The molecule has 0 radical (unpaired) electrons. The minimum absolute atomic E-state index is 0.0794. The fraction of sp³-hybridized carbons (Fsp3) is 0.136. The number of para-hydroxylation sites is 2. The van der Waals surface area contributed by atoms with Crippen molar-refractivity contribution in [3.63, 3.8) is 0 Å². The highest BCUT2D eigenvalue weighted by molar-refractivity contribution is 6.05. The van der Waals surface area contributed by atoms with Crippen molar-refractivity contribution in [2.24, 2.45) is 0 Å². The zero-order chi connectivity index (χ0) is 21.5. The number of anilines is 1. The number of nitrogens with one attached hydrogen (secondary N) is 1. The molecule has 1 N–H and O–H groups in total. The molecule has 0 atom stereocenters. The molecular weight excluding hydrogens is 388 g/mol. The maximum Gasteiger partial charge on any atom is 0.311 e. The van der Waals surface area contributed by atoms with E-state index in [-0.39, 0.29) is 17.0 Å². The quantitative estimate of drug-likeness (QED) is 0.414. The van der Waals surface area contributed by atoms with Gasteiger partial charge in [0.25, 0.3) is 5.91 Å². The molecule has 0 fully saturated rings. The molecule has 0 aromatic heterocycles. The summed E-state index contributed by atoms with van der Waals surface area (Å²) in [6, 6.07) is 18.0. The fourth-order valence-electron chi connectivity index (χ4n) is 2.72. The number of methoxy groups -OCH3 is 1. The van der Waals surface area contributed by atoms with Crippen molar-refractivity contribution in [1.29, 1.82) is 0 Å². The molecule has 0 aliphatic rings. The van der Waals surface area contributed by atoms with E-state index < -0.39 is 10.8 Å². The number of rotatable bonds is 8. The summed E-state index contributed by atoms with van der Waals surface area (Å²) < 4.78 is 16.3. The third-order valence-corrected chi connectivity index (χ3v) is 4.14. The van der Waals surface area contributed by atoms with Crippen LogP contribution in [0.3, 0.4) is 0 Å². The number of carbonyl (C=O) groups is 1. The molecule has 1 amide bonds. The summed E-state index contributed by atoms with van der Waals surface area (Å²) in [7, 11) is 1.33. The number of hydrogen-bond acceptors (Lipinski definition) is 6. The first-order chi connectivity index (χ1) is 14.5. The number of ether oxygens (including phenoxy) is 3. The first kappa shape index (κ1) is 20.7. The van der Waals surface area contributed by atoms with Gasteiger partial charge in [-0.25, -0.2) is 0 Å². The van der Waals surface area contributed by atoms with Gasteiger partial charge in [-0.15, -0.1) is 0 Å². The lowest BCUT2D eigenvalue weighted by atomic mass is 10.1. The summed E-state index contributed by atoms with van der Waals surface area (Å²) in [5.74, 6) is 1.30.